The number of ketones is 1. The van der Waals surface area contributed by atoms with E-state index in [4.69, 9.17) is 0 Å². The van der Waals surface area contributed by atoms with Crippen molar-refractivity contribution in [2.24, 2.45) is 0 Å². The molecule has 102 valence electrons. The van der Waals surface area contributed by atoms with Crippen molar-refractivity contribution in [1.82, 2.24) is 4.90 Å². The molecular formula is C16H15NO2S. The van der Waals surface area contributed by atoms with Crippen molar-refractivity contribution >= 4 is 23.0 Å². The Kier molecular flexibility index (Phi) is 3.40. The molecule has 1 aliphatic rings. The van der Waals surface area contributed by atoms with Crippen LogP contribution in [0.5, 0.6) is 0 Å². The number of carbonyl (C=O) groups excluding carboxylic acids is 2. The summed E-state index contributed by atoms with van der Waals surface area (Å²) < 4.78 is 0. The molecule has 1 atom stereocenters. The highest BCUT2D eigenvalue weighted by atomic mass is 32.1. The van der Waals surface area contributed by atoms with Crippen LogP contribution in [-0.4, -0.2) is 16.6 Å². The van der Waals surface area contributed by atoms with Gasteiger partial charge < -0.3 is 4.90 Å². The molecule has 0 N–H and O–H groups in total. The van der Waals surface area contributed by atoms with Crippen LogP contribution < -0.4 is 0 Å². The van der Waals surface area contributed by atoms with Crippen molar-refractivity contribution in [3.8, 4) is 0 Å². The van der Waals surface area contributed by atoms with Gasteiger partial charge in [-0.1, -0.05) is 30.3 Å². The van der Waals surface area contributed by atoms with Gasteiger partial charge >= 0.3 is 0 Å². The summed E-state index contributed by atoms with van der Waals surface area (Å²) in [5.41, 5.74) is 1.85. The van der Waals surface area contributed by atoms with E-state index in [1.807, 2.05) is 46.7 Å². The van der Waals surface area contributed by atoms with Crippen LogP contribution in [0.3, 0.4) is 0 Å². The fraction of sp³-hybridized carbons (Fsp3) is 0.250. The topological polar surface area (TPSA) is 37.4 Å². The summed E-state index contributed by atoms with van der Waals surface area (Å²) in [6.45, 7) is 2.13. The first-order valence-corrected chi connectivity index (χ1v) is 7.46. The Morgan fingerprint density at radius 3 is 2.70 bits per heavy atom. The largest absolute Gasteiger partial charge is 0.326 e. The normalized spacial score (nSPS) is 17.4. The molecule has 2 heterocycles. The first kappa shape index (κ1) is 13.1. The Labute approximate surface area is 121 Å². The lowest BCUT2D eigenvalue weighted by atomic mass is 10.1. The molecule has 0 bridgehead atoms. The van der Waals surface area contributed by atoms with Gasteiger partial charge in [0.05, 0.1) is 11.6 Å². The SMILES string of the molecule is CC(=O)CC1c2sccc2C(=O)N1Cc1ccccc1. The van der Waals surface area contributed by atoms with Gasteiger partial charge in [-0.25, -0.2) is 0 Å². The molecular weight excluding hydrogens is 270 g/mol. The zero-order valence-electron chi connectivity index (χ0n) is 11.2. The predicted molar refractivity (Wildman–Crippen MR) is 78.7 cm³/mol. The summed E-state index contributed by atoms with van der Waals surface area (Å²) in [6.07, 6.45) is 0.395. The van der Waals surface area contributed by atoms with Gasteiger partial charge in [-0.2, -0.15) is 0 Å². The third kappa shape index (κ3) is 2.27. The molecule has 2 aromatic rings. The molecule has 0 saturated carbocycles. The van der Waals surface area contributed by atoms with Crippen LogP contribution in [-0.2, 0) is 11.3 Å². The number of hydrogen-bond donors (Lipinski definition) is 0. The highest BCUT2D eigenvalue weighted by Crippen LogP contribution is 2.40. The summed E-state index contributed by atoms with van der Waals surface area (Å²) in [5.74, 6) is 0.151. The molecule has 1 aromatic heterocycles. The van der Waals surface area contributed by atoms with Crippen LogP contribution in [0.1, 0.15) is 40.2 Å². The van der Waals surface area contributed by atoms with Gasteiger partial charge in [0.25, 0.3) is 5.91 Å². The van der Waals surface area contributed by atoms with E-state index < -0.39 is 0 Å². The van der Waals surface area contributed by atoms with Crippen molar-refractivity contribution in [3.05, 3.63) is 57.8 Å². The van der Waals surface area contributed by atoms with E-state index in [1.165, 1.54) is 0 Å². The maximum atomic E-state index is 12.5. The highest BCUT2D eigenvalue weighted by Gasteiger charge is 2.38. The number of thiophene rings is 1. The standard InChI is InChI=1S/C16H15NO2S/c1-11(18)9-14-15-13(7-8-20-15)16(19)17(14)10-12-5-3-2-4-6-12/h2-8,14H,9-10H2,1H3. The third-order valence-electron chi connectivity index (χ3n) is 3.54. The lowest BCUT2D eigenvalue weighted by Crippen LogP contribution is -2.28. The molecule has 4 heteroatoms. The van der Waals surface area contributed by atoms with Crippen LogP contribution >= 0.6 is 11.3 Å². The molecule has 0 radical (unpaired) electrons. The van der Waals surface area contributed by atoms with Gasteiger partial charge in [-0.3, -0.25) is 9.59 Å². The van der Waals surface area contributed by atoms with Crippen molar-refractivity contribution in [3.63, 3.8) is 0 Å². The summed E-state index contributed by atoms with van der Waals surface area (Å²) >= 11 is 1.57. The first-order chi connectivity index (χ1) is 9.66. The van der Waals surface area contributed by atoms with E-state index in [1.54, 1.807) is 18.3 Å². The Bertz CT molecular complexity index is 648. The molecule has 3 rings (SSSR count). The maximum absolute atomic E-state index is 12.5. The number of hydrogen-bond acceptors (Lipinski definition) is 3. The second kappa shape index (κ2) is 5.21. The smallest absolute Gasteiger partial charge is 0.255 e. The van der Waals surface area contributed by atoms with Crippen LogP contribution in [0.4, 0.5) is 0 Å². The summed E-state index contributed by atoms with van der Waals surface area (Å²) in [5, 5.41) is 1.93. The molecule has 1 aromatic carbocycles. The molecule has 1 unspecified atom stereocenters. The van der Waals surface area contributed by atoms with Gasteiger partial charge in [0.15, 0.2) is 0 Å². The first-order valence-electron chi connectivity index (χ1n) is 6.58. The number of nitrogens with zero attached hydrogens (tertiary/aromatic N) is 1. The fourth-order valence-electron chi connectivity index (χ4n) is 2.63. The minimum Gasteiger partial charge on any atom is -0.326 e. The van der Waals surface area contributed by atoms with Gasteiger partial charge in [-0.05, 0) is 23.9 Å². The average Bonchev–Trinajstić information content (AvgIpc) is 2.99. The van der Waals surface area contributed by atoms with Crippen LogP contribution in [0, 0.1) is 0 Å². The fourth-order valence-corrected chi connectivity index (χ4v) is 3.63. The quantitative estimate of drug-likeness (QED) is 0.863. The summed E-state index contributed by atoms with van der Waals surface area (Å²) in [7, 11) is 0. The van der Waals surface area contributed by atoms with Crippen molar-refractivity contribution < 1.29 is 9.59 Å². The summed E-state index contributed by atoms with van der Waals surface area (Å²) in [4.78, 5) is 26.8. The van der Waals surface area contributed by atoms with Gasteiger partial charge in [0.2, 0.25) is 0 Å². The minimum atomic E-state index is -0.102. The predicted octanol–water partition coefficient (Wildman–Crippen LogP) is 3.42. The zero-order valence-corrected chi connectivity index (χ0v) is 12.0. The molecule has 0 aliphatic carbocycles. The zero-order chi connectivity index (χ0) is 14.1. The molecule has 1 amide bonds. The Morgan fingerprint density at radius 1 is 1.25 bits per heavy atom. The van der Waals surface area contributed by atoms with E-state index in [0.29, 0.717) is 13.0 Å². The number of benzene rings is 1. The van der Waals surface area contributed by atoms with Crippen molar-refractivity contribution in [1.29, 1.82) is 0 Å². The number of rotatable bonds is 4. The van der Waals surface area contributed by atoms with Crippen molar-refractivity contribution in [2.45, 2.75) is 25.9 Å². The monoisotopic (exact) mass is 285 g/mol. The second-order valence-electron chi connectivity index (χ2n) is 5.04. The minimum absolute atomic E-state index is 0.0383. The van der Waals surface area contributed by atoms with Crippen molar-refractivity contribution in [2.75, 3.05) is 0 Å². The van der Waals surface area contributed by atoms with E-state index in [2.05, 4.69) is 0 Å². The summed E-state index contributed by atoms with van der Waals surface area (Å²) in [6, 6.07) is 11.7. The number of amides is 1. The lowest BCUT2D eigenvalue weighted by molar-refractivity contribution is -0.118. The second-order valence-corrected chi connectivity index (χ2v) is 5.99. The number of carbonyl (C=O) groups is 2. The molecule has 0 saturated heterocycles. The average molecular weight is 285 g/mol. The van der Waals surface area contributed by atoms with Crippen LogP contribution in [0.2, 0.25) is 0 Å². The van der Waals surface area contributed by atoms with E-state index in [0.717, 1.165) is 16.0 Å². The van der Waals surface area contributed by atoms with Crippen LogP contribution in [0.25, 0.3) is 0 Å². The maximum Gasteiger partial charge on any atom is 0.255 e. The van der Waals surface area contributed by atoms with E-state index in [9.17, 15) is 9.59 Å². The molecule has 0 spiro atoms. The molecule has 3 nitrogen and oxygen atoms in total. The number of fused-ring (bicyclic) bond motifs is 1. The molecule has 1 aliphatic heterocycles. The van der Waals surface area contributed by atoms with Gasteiger partial charge in [0, 0.05) is 17.8 Å². The molecule has 20 heavy (non-hydrogen) atoms. The number of Topliss-reactive ketones (excluding diaryl/α,β-unsaturated/α-hetero) is 1. The Morgan fingerprint density at radius 2 is 2.00 bits per heavy atom. The van der Waals surface area contributed by atoms with E-state index in [-0.39, 0.29) is 17.7 Å². The van der Waals surface area contributed by atoms with Gasteiger partial charge in [-0.15, -0.1) is 11.3 Å². The van der Waals surface area contributed by atoms with Crippen LogP contribution in [0.15, 0.2) is 41.8 Å². The van der Waals surface area contributed by atoms with E-state index >= 15 is 0 Å². The Balaban J connectivity index is 1.91. The molecule has 0 fully saturated rings. The lowest BCUT2D eigenvalue weighted by Gasteiger charge is -2.24. The highest BCUT2D eigenvalue weighted by molar-refractivity contribution is 7.10. The third-order valence-corrected chi connectivity index (χ3v) is 4.56. The Hall–Kier alpha value is -1.94. The van der Waals surface area contributed by atoms with Gasteiger partial charge in [0.1, 0.15) is 5.78 Å².